The molecule has 1 aliphatic carbocycles. The van der Waals surface area contributed by atoms with Crippen molar-refractivity contribution in [1.29, 1.82) is 0 Å². The van der Waals surface area contributed by atoms with Gasteiger partial charge in [-0.3, -0.25) is 4.79 Å². The molecule has 2 aromatic carbocycles. The van der Waals surface area contributed by atoms with Gasteiger partial charge in [0.25, 0.3) is 0 Å². The van der Waals surface area contributed by atoms with Crippen LogP contribution in [0, 0.1) is 5.92 Å². The number of anilines is 1. The van der Waals surface area contributed by atoms with Crippen molar-refractivity contribution in [3.05, 3.63) is 77.7 Å². The predicted octanol–water partition coefficient (Wildman–Crippen LogP) is 4.62. The second-order valence-corrected chi connectivity index (χ2v) is 10.0. The van der Waals surface area contributed by atoms with Gasteiger partial charge < -0.3 is 19.3 Å². The van der Waals surface area contributed by atoms with E-state index in [2.05, 4.69) is 64.4 Å². The second kappa shape index (κ2) is 8.44. The van der Waals surface area contributed by atoms with Gasteiger partial charge in [-0.25, -0.2) is 0 Å². The summed E-state index contributed by atoms with van der Waals surface area (Å²) >= 11 is 0. The average Bonchev–Trinajstić information content (AvgIpc) is 3.45. The molecule has 0 N–H and O–H groups in total. The fourth-order valence-corrected chi connectivity index (χ4v) is 6.07. The van der Waals surface area contributed by atoms with Crippen LogP contribution in [0.15, 0.2) is 66.6 Å². The van der Waals surface area contributed by atoms with Crippen LogP contribution in [0.3, 0.4) is 0 Å². The molecule has 3 heterocycles. The Morgan fingerprint density at radius 2 is 1.79 bits per heavy atom. The zero-order valence-corrected chi connectivity index (χ0v) is 19.1. The van der Waals surface area contributed by atoms with Crippen LogP contribution in [0.4, 0.5) is 5.69 Å². The molecule has 6 rings (SSSR count). The third-order valence-electron chi connectivity index (χ3n) is 8.21. The van der Waals surface area contributed by atoms with Crippen LogP contribution in [0.5, 0.6) is 0 Å². The molecular weight excluding hydrogens is 412 g/mol. The van der Waals surface area contributed by atoms with Crippen molar-refractivity contribution in [1.82, 2.24) is 4.90 Å². The molecule has 1 spiro atoms. The van der Waals surface area contributed by atoms with E-state index in [4.69, 9.17) is 9.47 Å². The largest absolute Gasteiger partial charge is 0.462 e. The van der Waals surface area contributed by atoms with Gasteiger partial charge in [-0.15, -0.1) is 0 Å². The number of fused-ring (bicyclic) bond motifs is 2. The number of benzene rings is 2. The van der Waals surface area contributed by atoms with E-state index in [0.717, 1.165) is 57.5 Å². The molecule has 5 heteroatoms. The summed E-state index contributed by atoms with van der Waals surface area (Å²) in [4.78, 5) is 17.5. The molecule has 0 radical (unpaired) electrons. The summed E-state index contributed by atoms with van der Waals surface area (Å²) in [6.45, 7) is 2.97. The van der Waals surface area contributed by atoms with E-state index in [1.807, 2.05) is 0 Å². The SMILES string of the molecule is O=C(C1CCC1)N1CCC2(CC1)CN(C(Cc1ccccc1)C1=COCO1)c1ccccc12. The first kappa shape index (κ1) is 20.6. The number of hydrogen-bond acceptors (Lipinski definition) is 4. The Hall–Kier alpha value is -2.95. The monoisotopic (exact) mass is 444 g/mol. The first-order chi connectivity index (χ1) is 16.2. The Kier molecular flexibility index (Phi) is 5.28. The second-order valence-electron chi connectivity index (χ2n) is 10.0. The first-order valence-electron chi connectivity index (χ1n) is 12.4. The van der Waals surface area contributed by atoms with E-state index in [9.17, 15) is 4.79 Å². The first-order valence-corrected chi connectivity index (χ1v) is 12.4. The minimum atomic E-state index is 0.0853. The number of para-hydroxylation sites is 1. The van der Waals surface area contributed by atoms with Gasteiger partial charge in [-0.2, -0.15) is 0 Å². The fourth-order valence-electron chi connectivity index (χ4n) is 6.07. The van der Waals surface area contributed by atoms with Crippen LogP contribution in [-0.4, -0.2) is 43.3 Å². The summed E-state index contributed by atoms with van der Waals surface area (Å²) < 4.78 is 11.4. The van der Waals surface area contributed by atoms with Crippen LogP contribution < -0.4 is 4.90 Å². The number of amides is 1. The standard InChI is InChI=1S/C28H32N2O3/c31-27(22-9-6-10-22)29-15-13-28(14-16-29)19-30(24-12-5-4-11-23(24)28)25(26-18-32-20-33-26)17-21-7-2-1-3-8-21/h1-5,7-8,11-12,18,22,25H,6,9-10,13-17,19-20H2. The summed E-state index contributed by atoms with van der Waals surface area (Å²) in [5.41, 5.74) is 4.10. The Bertz CT molecular complexity index is 1040. The normalized spacial score (nSPS) is 22.2. The Morgan fingerprint density at radius 3 is 2.48 bits per heavy atom. The van der Waals surface area contributed by atoms with Crippen molar-refractivity contribution in [2.24, 2.45) is 5.92 Å². The highest BCUT2D eigenvalue weighted by Crippen LogP contribution is 2.49. The summed E-state index contributed by atoms with van der Waals surface area (Å²) in [5, 5.41) is 0. The zero-order chi connectivity index (χ0) is 22.3. The molecule has 2 aromatic rings. The molecule has 0 bridgehead atoms. The summed E-state index contributed by atoms with van der Waals surface area (Å²) in [7, 11) is 0. The van der Waals surface area contributed by atoms with Gasteiger partial charge in [-0.1, -0.05) is 55.0 Å². The number of carbonyl (C=O) groups excluding carboxylic acids is 1. The molecule has 1 saturated carbocycles. The molecule has 5 nitrogen and oxygen atoms in total. The average molecular weight is 445 g/mol. The Balaban J connectivity index is 1.28. The van der Waals surface area contributed by atoms with Crippen LogP contribution >= 0.6 is 0 Å². The van der Waals surface area contributed by atoms with Gasteiger partial charge in [0.05, 0.1) is 6.04 Å². The minimum Gasteiger partial charge on any atom is -0.462 e. The lowest BCUT2D eigenvalue weighted by molar-refractivity contribution is -0.139. The molecule has 1 unspecified atom stereocenters. The quantitative estimate of drug-likeness (QED) is 0.675. The minimum absolute atomic E-state index is 0.0853. The number of piperidine rings is 1. The predicted molar refractivity (Wildman–Crippen MR) is 128 cm³/mol. The number of hydrogen-bond donors (Lipinski definition) is 0. The maximum Gasteiger partial charge on any atom is 0.229 e. The van der Waals surface area contributed by atoms with E-state index in [1.54, 1.807) is 6.26 Å². The molecule has 1 saturated heterocycles. The van der Waals surface area contributed by atoms with Crippen molar-refractivity contribution in [2.45, 2.75) is 50.0 Å². The van der Waals surface area contributed by atoms with E-state index >= 15 is 0 Å². The van der Waals surface area contributed by atoms with Gasteiger partial charge in [0.15, 0.2) is 5.76 Å². The third kappa shape index (κ3) is 3.68. The summed E-state index contributed by atoms with van der Waals surface area (Å²) in [6, 6.07) is 19.6. The molecule has 0 aromatic heterocycles. The number of ether oxygens (including phenoxy) is 2. The van der Waals surface area contributed by atoms with Crippen molar-refractivity contribution >= 4 is 11.6 Å². The van der Waals surface area contributed by atoms with Crippen molar-refractivity contribution < 1.29 is 14.3 Å². The number of likely N-dealkylation sites (tertiary alicyclic amines) is 1. The lowest BCUT2D eigenvalue weighted by atomic mass is 9.73. The zero-order valence-electron chi connectivity index (χ0n) is 19.1. The summed E-state index contributed by atoms with van der Waals surface area (Å²) in [6.07, 6.45) is 8.07. The van der Waals surface area contributed by atoms with Crippen molar-refractivity contribution in [3.63, 3.8) is 0 Å². The molecule has 33 heavy (non-hydrogen) atoms. The lowest BCUT2D eigenvalue weighted by Crippen LogP contribution is -2.50. The number of rotatable bonds is 5. The molecule has 1 amide bonds. The maximum absolute atomic E-state index is 12.9. The third-order valence-corrected chi connectivity index (χ3v) is 8.21. The Labute approximate surface area is 196 Å². The van der Waals surface area contributed by atoms with Crippen LogP contribution in [-0.2, 0) is 26.1 Å². The molecule has 4 aliphatic rings. The number of nitrogens with zero attached hydrogens (tertiary/aromatic N) is 2. The van der Waals surface area contributed by atoms with Gasteiger partial charge in [0, 0.05) is 43.1 Å². The highest BCUT2D eigenvalue weighted by molar-refractivity contribution is 5.80. The highest BCUT2D eigenvalue weighted by atomic mass is 16.7. The van der Waals surface area contributed by atoms with Crippen LogP contribution in [0.25, 0.3) is 0 Å². The van der Waals surface area contributed by atoms with E-state index in [-0.39, 0.29) is 17.4 Å². The van der Waals surface area contributed by atoms with Gasteiger partial charge in [-0.05, 0) is 42.9 Å². The van der Waals surface area contributed by atoms with E-state index in [1.165, 1.54) is 23.2 Å². The summed E-state index contributed by atoms with van der Waals surface area (Å²) in [5.74, 6) is 1.58. The molecule has 1 atom stereocenters. The van der Waals surface area contributed by atoms with Gasteiger partial charge in [0.2, 0.25) is 12.7 Å². The van der Waals surface area contributed by atoms with Crippen molar-refractivity contribution in [3.8, 4) is 0 Å². The van der Waals surface area contributed by atoms with Crippen molar-refractivity contribution in [2.75, 3.05) is 31.3 Å². The van der Waals surface area contributed by atoms with E-state index in [0.29, 0.717) is 12.7 Å². The molecule has 2 fully saturated rings. The van der Waals surface area contributed by atoms with Gasteiger partial charge >= 0.3 is 0 Å². The topological polar surface area (TPSA) is 42.0 Å². The molecule has 172 valence electrons. The maximum atomic E-state index is 12.9. The smallest absolute Gasteiger partial charge is 0.229 e. The van der Waals surface area contributed by atoms with Gasteiger partial charge in [0.1, 0.15) is 6.26 Å². The fraction of sp³-hybridized carbons (Fsp3) is 0.464. The molecular formula is C28H32N2O3. The Morgan fingerprint density at radius 1 is 1.03 bits per heavy atom. The van der Waals surface area contributed by atoms with E-state index < -0.39 is 0 Å². The van der Waals surface area contributed by atoms with Crippen LogP contribution in [0.1, 0.15) is 43.2 Å². The lowest BCUT2D eigenvalue weighted by Gasteiger charge is -2.42. The van der Waals surface area contributed by atoms with Crippen LogP contribution in [0.2, 0.25) is 0 Å². The highest BCUT2D eigenvalue weighted by Gasteiger charge is 2.48. The molecule has 3 aliphatic heterocycles. The number of carbonyl (C=O) groups is 1.